The topological polar surface area (TPSA) is 38.7 Å². The number of hydrogen-bond acceptors (Lipinski definition) is 3. The monoisotopic (exact) mass is 168 g/mol. The predicted molar refractivity (Wildman–Crippen MR) is 39.2 cm³/mol. The normalized spacial score (nSPS) is 13.5. The van der Waals surface area contributed by atoms with Crippen LogP contribution in [0.1, 0.15) is 6.92 Å². The minimum absolute atomic E-state index is 0.120. The highest BCUT2D eigenvalue weighted by molar-refractivity contribution is 6.17. The molecule has 0 spiro atoms. The second-order valence-corrected chi connectivity index (χ2v) is 2.01. The van der Waals surface area contributed by atoms with Gasteiger partial charge in [-0.25, -0.2) is 0 Å². The molecule has 0 bridgehead atoms. The Morgan fingerprint density at radius 1 is 1.50 bits per heavy atom. The van der Waals surface area contributed by atoms with Gasteiger partial charge in [-0.1, -0.05) is 0 Å². The molecular weight excluding hydrogens is 156 g/mol. The van der Waals surface area contributed by atoms with Crippen LogP contribution in [-0.2, 0) is 9.47 Å². The Kier molecular flexibility index (Phi) is 7.40. The van der Waals surface area contributed by atoms with Crippen LogP contribution in [-0.4, -0.2) is 37.1 Å². The van der Waals surface area contributed by atoms with E-state index in [1.165, 1.54) is 0 Å². The fourth-order valence-electron chi connectivity index (χ4n) is 0.515. The first-order valence-corrected chi connectivity index (χ1v) is 3.78. The quantitative estimate of drug-likeness (QED) is 0.466. The van der Waals surface area contributed by atoms with Crippen LogP contribution in [0.3, 0.4) is 0 Å². The van der Waals surface area contributed by atoms with Gasteiger partial charge in [-0.3, -0.25) is 0 Å². The van der Waals surface area contributed by atoms with E-state index in [9.17, 15) is 0 Å². The van der Waals surface area contributed by atoms with Gasteiger partial charge in [0.05, 0.1) is 13.2 Å². The zero-order valence-corrected chi connectivity index (χ0v) is 6.80. The van der Waals surface area contributed by atoms with Crippen LogP contribution in [0.25, 0.3) is 0 Å². The van der Waals surface area contributed by atoms with E-state index in [-0.39, 0.29) is 6.61 Å². The maximum absolute atomic E-state index is 8.59. The Bertz CT molecular complexity index is 70.0. The Morgan fingerprint density at radius 2 is 2.20 bits per heavy atom. The molecule has 0 aliphatic heterocycles. The van der Waals surface area contributed by atoms with Crippen molar-refractivity contribution < 1.29 is 14.6 Å². The number of halogens is 1. The summed E-state index contributed by atoms with van der Waals surface area (Å²) in [5, 5.41) is 8.59. The van der Waals surface area contributed by atoms with Gasteiger partial charge < -0.3 is 14.6 Å². The van der Waals surface area contributed by atoms with Crippen LogP contribution in [0, 0.1) is 0 Å². The molecule has 0 amide bonds. The van der Waals surface area contributed by atoms with Crippen molar-refractivity contribution in [2.45, 2.75) is 13.2 Å². The standard InChI is InChI=1S/C6H13ClO3/c1-2-9-6(5-8)10-4-3-7/h6,8H,2-5H2,1H3. The molecule has 4 heteroatoms. The minimum Gasteiger partial charge on any atom is -0.391 e. The SMILES string of the molecule is CCOC(CO)OCCCl. The van der Waals surface area contributed by atoms with Crippen molar-refractivity contribution in [2.24, 2.45) is 0 Å². The number of ether oxygens (including phenoxy) is 2. The molecule has 1 atom stereocenters. The maximum Gasteiger partial charge on any atom is 0.180 e. The van der Waals surface area contributed by atoms with Gasteiger partial charge in [0, 0.05) is 12.5 Å². The summed E-state index contributed by atoms with van der Waals surface area (Å²) in [5.74, 6) is 0.420. The molecule has 0 saturated heterocycles. The van der Waals surface area contributed by atoms with E-state index in [4.69, 9.17) is 26.2 Å². The molecule has 0 saturated carbocycles. The lowest BCUT2D eigenvalue weighted by molar-refractivity contribution is -0.156. The fourth-order valence-corrected chi connectivity index (χ4v) is 0.604. The molecule has 0 radical (unpaired) electrons. The number of hydrogen-bond donors (Lipinski definition) is 1. The molecule has 1 N–H and O–H groups in total. The van der Waals surface area contributed by atoms with Crippen LogP contribution in [0.15, 0.2) is 0 Å². The molecule has 10 heavy (non-hydrogen) atoms. The van der Waals surface area contributed by atoms with E-state index in [1.54, 1.807) is 0 Å². The minimum atomic E-state index is -0.510. The average molecular weight is 169 g/mol. The van der Waals surface area contributed by atoms with Gasteiger partial charge in [0.25, 0.3) is 0 Å². The Morgan fingerprint density at radius 3 is 2.60 bits per heavy atom. The number of rotatable bonds is 6. The highest BCUT2D eigenvalue weighted by atomic mass is 35.5. The lowest BCUT2D eigenvalue weighted by Gasteiger charge is -2.13. The number of aliphatic hydroxyl groups is 1. The summed E-state index contributed by atoms with van der Waals surface area (Å²) in [6.45, 7) is 2.66. The van der Waals surface area contributed by atoms with E-state index in [2.05, 4.69) is 0 Å². The second kappa shape index (κ2) is 7.28. The summed E-state index contributed by atoms with van der Waals surface area (Å²) < 4.78 is 9.94. The van der Waals surface area contributed by atoms with E-state index in [0.717, 1.165) is 0 Å². The van der Waals surface area contributed by atoms with Gasteiger partial charge in [0.1, 0.15) is 0 Å². The van der Waals surface area contributed by atoms with Crippen molar-refractivity contribution in [1.82, 2.24) is 0 Å². The van der Waals surface area contributed by atoms with E-state index < -0.39 is 6.29 Å². The zero-order chi connectivity index (χ0) is 7.82. The molecule has 0 aromatic rings. The molecule has 3 nitrogen and oxygen atoms in total. The first-order chi connectivity index (χ1) is 4.85. The molecule has 0 aromatic heterocycles. The molecule has 62 valence electrons. The molecule has 1 unspecified atom stereocenters. The Balaban J connectivity index is 3.21. The number of aliphatic hydroxyl groups excluding tert-OH is 1. The summed E-state index contributed by atoms with van der Waals surface area (Å²) in [6.07, 6.45) is -0.510. The second-order valence-electron chi connectivity index (χ2n) is 1.63. The first-order valence-electron chi connectivity index (χ1n) is 3.25. The van der Waals surface area contributed by atoms with E-state index >= 15 is 0 Å². The molecular formula is C6H13ClO3. The Labute approximate surface area is 65.9 Å². The third kappa shape index (κ3) is 4.99. The molecule has 0 aliphatic carbocycles. The van der Waals surface area contributed by atoms with Gasteiger partial charge in [0.15, 0.2) is 6.29 Å². The summed E-state index contributed by atoms with van der Waals surface area (Å²) in [6, 6.07) is 0. The van der Waals surface area contributed by atoms with E-state index in [0.29, 0.717) is 19.1 Å². The third-order valence-electron chi connectivity index (χ3n) is 0.883. The van der Waals surface area contributed by atoms with Gasteiger partial charge in [-0.05, 0) is 6.92 Å². The third-order valence-corrected chi connectivity index (χ3v) is 1.04. The molecule has 0 fully saturated rings. The van der Waals surface area contributed by atoms with Crippen LogP contribution in [0.2, 0.25) is 0 Å². The van der Waals surface area contributed by atoms with Crippen molar-refractivity contribution in [3.63, 3.8) is 0 Å². The van der Waals surface area contributed by atoms with Crippen LogP contribution in [0.4, 0.5) is 0 Å². The van der Waals surface area contributed by atoms with Crippen molar-refractivity contribution >= 4 is 11.6 Å². The van der Waals surface area contributed by atoms with E-state index in [1.807, 2.05) is 6.92 Å². The smallest absolute Gasteiger partial charge is 0.180 e. The predicted octanol–water partition coefficient (Wildman–Crippen LogP) is 0.597. The fraction of sp³-hybridized carbons (Fsp3) is 1.00. The summed E-state index contributed by atoms with van der Waals surface area (Å²) in [4.78, 5) is 0. The van der Waals surface area contributed by atoms with Gasteiger partial charge in [0.2, 0.25) is 0 Å². The van der Waals surface area contributed by atoms with Crippen LogP contribution < -0.4 is 0 Å². The molecule has 0 rings (SSSR count). The average Bonchev–Trinajstić information content (AvgIpc) is 1.98. The first kappa shape index (κ1) is 10.2. The molecule has 0 heterocycles. The summed E-state index contributed by atoms with van der Waals surface area (Å²) >= 11 is 5.34. The summed E-state index contributed by atoms with van der Waals surface area (Å²) in [5.41, 5.74) is 0. The molecule has 0 aromatic carbocycles. The van der Waals surface area contributed by atoms with Crippen molar-refractivity contribution in [1.29, 1.82) is 0 Å². The van der Waals surface area contributed by atoms with Gasteiger partial charge >= 0.3 is 0 Å². The van der Waals surface area contributed by atoms with Crippen molar-refractivity contribution in [3.05, 3.63) is 0 Å². The Hall–Kier alpha value is 0.170. The van der Waals surface area contributed by atoms with Gasteiger partial charge in [-0.2, -0.15) is 0 Å². The van der Waals surface area contributed by atoms with Crippen molar-refractivity contribution in [3.8, 4) is 0 Å². The highest BCUT2D eigenvalue weighted by Gasteiger charge is 2.04. The molecule has 0 aliphatic rings. The van der Waals surface area contributed by atoms with Crippen LogP contribution in [0.5, 0.6) is 0 Å². The lowest BCUT2D eigenvalue weighted by Crippen LogP contribution is -2.22. The van der Waals surface area contributed by atoms with Crippen molar-refractivity contribution in [2.75, 3.05) is 25.7 Å². The van der Waals surface area contributed by atoms with Gasteiger partial charge in [-0.15, -0.1) is 11.6 Å². The lowest BCUT2D eigenvalue weighted by atomic mass is 10.6. The largest absolute Gasteiger partial charge is 0.391 e. The van der Waals surface area contributed by atoms with Crippen LogP contribution >= 0.6 is 11.6 Å². The highest BCUT2D eigenvalue weighted by Crippen LogP contribution is 1.93. The number of alkyl halides is 1. The maximum atomic E-state index is 8.59. The zero-order valence-electron chi connectivity index (χ0n) is 6.05. The summed E-state index contributed by atoms with van der Waals surface area (Å²) in [7, 11) is 0.